The Morgan fingerprint density at radius 3 is 2.49 bits per heavy atom. The number of fused-ring (bicyclic) bond motifs is 1. The lowest BCUT2D eigenvalue weighted by Crippen LogP contribution is -2.23. The SMILES string of the molecule is CCCCOc1ccc(-c2nc3s/c(=C\c4ccc(-c5ccc(C(=O)OCC)cc5)o4)c(=O)n3n2)cc1. The van der Waals surface area contributed by atoms with E-state index in [0.29, 0.717) is 45.6 Å². The largest absolute Gasteiger partial charge is 0.494 e. The van der Waals surface area contributed by atoms with Gasteiger partial charge in [-0.2, -0.15) is 9.50 Å². The van der Waals surface area contributed by atoms with E-state index in [-0.39, 0.29) is 11.5 Å². The molecule has 188 valence electrons. The average molecular weight is 516 g/mol. The zero-order chi connectivity index (χ0) is 25.8. The first-order valence-electron chi connectivity index (χ1n) is 12.1. The van der Waals surface area contributed by atoms with Crippen LogP contribution in [0.1, 0.15) is 42.8 Å². The molecule has 8 nitrogen and oxygen atoms in total. The maximum atomic E-state index is 12.9. The summed E-state index contributed by atoms with van der Waals surface area (Å²) in [4.78, 5) is 29.8. The summed E-state index contributed by atoms with van der Waals surface area (Å²) in [6.07, 6.45) is 3.77. The predicted molar refractivity (Wildman–Crippen MR) is 142 cm³/mol. The zero-order valence-corrected chi connectivity index (χ0v) is 21.3. The smallest absolute Gasteiger partial charge is 0.338 e. The van der Waals surface area contributed by atoms with Crippen LogP contribution in [0.4, 0.5) is 0 Å². The van der Waals surface area contributed by atoms with E-state index >= 15 is 0 Å². The summed E-state index contributed by atoms with van der Waals surface area (Å²) in [5.41, 5.74) is 1.84. The molecule has 0 saturated heterocycles. The fourth-order valence-electron chi connectivity index (χ4n) is 3.69. The highest BCUT2D eigenvalue weighted by Gasteiger charge is 2.13. The van der Waals surface area contributed by atoms with E-state index in [1.807, 2.05) is 30.3 Å². The fraction of sp³-hybridized carbons (Fsp3) is 0.214. The van der Waals surface area contributed by atoms with Gasteiger partial charge in [-0.15, -0.1) is 5.10 Å². The van der Waals surface area contributed by atoms with E-state index in [1.165, 1.54) is 15.9 Å². The van der Waals surface area contributed by atoms with Crippen molar-refractivity contribution in [3.05, 3.63) is 86.9 Å². The van der Waals surface area contributed by atoms with Crippen LogP contribution in [0.3, 0.4) is 0 Å². The molecule has 0 saturated carbocycles. The minimum atomic E-state index is -0.363. The van der Waals surface area contributed by atoms with Crippen molar-refractivity contribution in [3.8, 4) is 28.5 Å². The molecular weight excluding hydrogens is 490 g/mol. The quantitative estimate of drug-likeness (QED) is 0.202. The molecule has 37 heavy (non-hydrogen) atoms. The minimum absolute atomic E-state index is 0.255. The molecule has 5 aromatic rings. The topological polar surface area (TPSA) is 95.9 Å². The third kappa shape index (κ3) is 5.31. The lowest BCUT2D eigenvalue weighted by molar-refractivity contribution is 0.0526. The van der Waals surface area contributed by atoms with E-state index in [0.717, 1.165) is 29.7 Å². The predicted octanol–water partition coefficient (Wildman–Crippen LogP) is 4.98. The second-order valence-corrected chi connectivity index (χ2v) is 9.28. The summed E-state index contributed by atoms with van der Waals surface area (Å²) in [6.45, 7) is 4.90. The molecule has 0 aliphatic carbocycles. The Balaban J connectivity index is 1.34. The van der Waals surface area contributed by atoms with Crippen LogP contribution in [0.15, 0.2) is 69.9 Å². The summed E-state index contributed by atoms with van der Waals surface area (Å²) in [5.74, 6) is 2.08. The number of thiazole rings is 1. The highest BCUT2D eigenvalue weighted by atomic mass is 32.1. The molecule has 0 unspecified atom stereocenters. The Hall–Kier alpha value is -4.24. The van der Waals surface area contributed by atoms with E-state index in [2.05, 4.69) is 17.0 Å². The molecule has 0 N–H and O–H groups in total. The number of esters is 1. The number of benzene rings is 2. The Kier molecular flexibility index (Phi) is 7.14. The molecule has 0 aliphatic rings. The standard InChI is InChI=1S/C28H25N3O5S/c1-3-5-16-35-21-12-10-19(11-13-21)25-29-28-31(30-25)26(32)24(37-28)17-22-14-15-23(36-22)18-6-8-20(9-7-18)27(33)34-4-2/h6-15,17H,3-5,16H2,1-2H3/b24-17-. The monoisotopic (exact) mass is 515 g/mol. The number of furan rings is 1. The molecule has 0 fully saturated rings. The van der Waals surface area contributed by atoms with Crippen molar-refractivity contribution in [1.82, 2.24) is 14.6 Å². The molecule has 0 atom stereocenters. The Morgan fingerprint density at radius 1 is 1.03 bits per heavy atom. The third-order valence-electron chi connectivity index (χ3n) is 5.64. The maximum absolute atomic E-state index is 12.9. The molecular formula is C28H25N3O5S. The van der Waals surface area contributed by atoms with Crippen LogP contribution >= 0.6 is 11.3 Å². The summed E-state index contributed by atoms with van der Waals surface area (Å²) in [6, 6.07) is 18.1. The van der Waals surface area contributed by atoms with Gasteiger partial charge in [0.15, 0.2) is 5.82 Å². The van der Waals surface area contributed by atoms with Crippen molar-refractivity contribution in [2.45, 2.75) is 26.7 Å². The number of rotatable bonds is 9. The molecule has 3 heterocycles. The molecule has 0 aliphatic heterocycles. The Labute approximate surface area is 216 Å². The van der Waals surface area contributed by atoms with Gasteiger partial charge in [0.1, 0.15) is 21.8 Å². The maximum Gasteiger partial charge on any atom is 0.338 e. The van der Waals surface area contributed by atoms with Crippen molar-refractivity contribution < 1.29 is 18.7 Å². The van der Waals surface area contributed by atoms with Crippen LogP contribution in [0.2, 0.25) is 0 Å². The van der Waals surface area contributed by atoms with Gasteiger partial charge in [0.25, 0.3) is 5.56 Å². The first-order chi connectivity index (χ1) is 18.1. The lowest BCUT2D eigenvalue weighted by Gasteiger charge is -2.05. The van der Waals surface area contributed by atoms with Gasteiger partial charge in [0.2, 0.25) is 4.96 Å². The minimum Gasteiger partial charge on any atom is -0.494 e. The summed E-state index contributed by atoms with van der Waals surface area (Å²) < 4.78 is 18.4. The molecule has 9 heteroatoms. The van der Waals surface area contributed by atoms with Gasteiger partial charge in [0, 0.05) is 17.2 Å². The van der Waals surface area contributed by atoms with Gasteiger partial charge in [-0.25, -0.2) is 4.79 Å². The number of carbonyl (C=O) groups excluding carboxylic acids is 1. The normalized spacial score (nSPS) is 11.8. The van der Waals surface area contributed by atoms with Crippen LogP contribution in [0, 0.1) is 0 Å². The molecule has 3 aromatic heterocycles. The van der Waals surface area contributed by atoms with Crippen LogP contribution in [-0.2, 0) is 4.74 Å². The van der Waals surface area contributed by atoms with Crippen molar-refractivity contribution in [2.24, 2.45) is 0 Å². The molecule has 0 bridgehead atoms. The van der Waals surface area contributed by atoms with Crippen molar-refractivity contribution in [1.29, 1.82) is 0 Å². The molecule has 0 radical (unpaired) electrons. The number of unbranched alkanes of at least 4 members (excludes halogenated alkanes) is 1. The highest BCUT2D eigenvalue weighted by Crippen LogP contribution is 2.24. The first-order valence-corrected chi connectivity index (χ1v) is 12.9. The zero-order valence-electron chi connectivity index (χ0n) is 20.5. The van der Waals surface area contributed by atoms with Crippen LogP contribution in [-0.4, -0.2) is 33.8 Å². The summed E-state index contributed by atoms with van der Waals surface area (Å²) >= 11 is 1.25. The number of nitrogens with zero attached hydrogens (tertiary/aromatic N) is 3. The summed E-state index contributed by atoms with van der Waals surface area (Å²) in [7, 11) is 0. The second kappa shape index (κ2) is 10.8. The van der Waals surface area contributed by atoms with Crippen LogP contribution < -0.4 is 14.8 Å². The van der Waals surface area contributed by atoms with Crippen molar-refractivity contribution in [3.63, 3.8) is 0 Å². The highest BCUT2D eigenvalue weighted by molar-refractivity contribution is 7.15. The average Bonchev–Trinajstić information content (AvgIpc) is 3.62. The van der Waals surface area contributed by atoms with Crippen molar-refractivity contribution in [2.75, 3.05) is 13.2 Å². The molecule has 0 amide bonds. The van der Waals surface area contributed by atoms with Gasteiger partial charge in [-0.1, -0.05) is 36.8 Å². The number of hydrogen-bond donors (Lipinski definition) is 0. The van der Waals surface area contributed by atoms with E-state index in [1.54, 1.807) is 43.3 Å². The van der Waals surface area contributed by atoms with Gasteiger partial charge < -0.3 is 13.9 Å². The van der Waals surface area contributed by atoms with Crippen LogP contribution in [0.25, 0.3) is 33.7 Å². The molecule has 0 spiro atoms. The number of ether oxygens (including phenoxy) is 2. The number of hydrogen-bond acceptors (Lipinski definition) is 8. The van der Waals surface area contributed by atoms with Gasteiger partial charge in [-0.3, -0.25) is 4.79 Å². The van der Waals surface area contributed by atoms with E-state index in [4.69, 9.17) is 13.9 Å². The Morgan fingerprint density at radius 2 is 1.78 bits per heavy atom. The lowest BCUT2D eigenvalue weighted by atomic mass is 10.1. The fourth-order valence-corrected chi connectivity index (χ4v) is 4.58. The van der Waals surface area contributed by atoms with Crippen LogP contribution in [0.5, 0.6) is 5.75 Å². The first kappa shape index (κ1) is 24.5. The van der Waals surface area contributed by atoms with Gasteiger partial charge >= 0.3 is 5.97 Å². The van der Waals surface area contributed by atoms with E-state index < -0.39 is 0 Å². The second-order valence-electron chi connectivity index (χ2n) is 8.27. The third-order valence-corrected chi connectivity index (χ3v) is 6.60. The van der Waals surface area contributed by atoms with Crippen molar-refractivity contribution >= 4 is 28.3 Å². The molecule has 2 aromatic carbocycles. The Bertz CT molecular complexity index is 1630. The van der Waals surface area contributed by atoms with E-state index in [9.17, 15) is 9.59 Å². The van der Waals surface area contributed by atoms with Gasteiger partial charge in [0.05, 0.1) is 18.8 Å². The van der Waals surface area contributed by atoms with Gasteiger partial charge in [-0.05, 0) is 61.9 Å². The molecule has 5 rings (SSSR count). The number of carbonyl (C=O) groups is 1. The summed E-state index contributed by atoms with van der Waals surface area (Å²) in [5, 5.41) is 4.41. The number of aromatic nitrogens is 3.